The van der Waals surface area contributed by atoms with Crippen LogP contribution in [0.25, 0.3) is 0 Å². The van der Waals surface area contributed by atoms with Gasteiger partial charge in [0.1, 0.15) is 0 Å². The second kappa shape index (κ2) is 6.46. The number of nitrogen functional groups attached to an aromatic ring is 1. The van der Waals surface area contributed by atoms with E-state index in [9.17, 15) is 4.79 Å². The van der Waals surface area contributed by atoms with E-state index in [1.54, 1.807) is 18.2 Å². The minimum absolute atomic E-state index is 0.0431. The van der Waals surface area contributed by atoms with Gasteiger partial charge in [0.2, 0.25) is 5.91 Å². The molecule has 0 spiro atoms. The van der Waals surface area contributed by atoms with Crippen LogP contribution < -0.4 is 11.1 Å². The molecule has 0 radical (unpaired) electrons. The van der Waals surface area contributed by atoms with Crippen molar-refractivity contribution in [3.8, 4) is 0 Å². The molecule has 0 aromatic heterocycles. The lowest BCUT2D eigenvalue weighted by Crippen LogP contribution is -2.46. The van der Waals surface area contributed by atoms with Gasteiger partial charge in [-0.25, -0.2) is 0 Å². The van der Waals surface area contributed by atoms with Gasteiger partial charge in [-0.15, -0.1) is 0 Å². The summed E-state index contributed by atoms with van der Waals surface area (Å²) >= 11 is 6.05. The molecule has 1 fully saturated rings. The summed E-state index contributed by atoms with van der Waals surface area (Å²) in [5.41, 5.74) is 6.87. The van der Waals surface area contributed by atoms with Crippen molar-refractivity contribution in [3.63, 3.8) is 0 Å². The largest absolute Gasteiger partial charge is 0.399 e. The van der Waals surface area contributed by atoms with Gasteiger partial charge in [-0.2, -0.15) is 0 Å². The molecule has 20 heavy (non-hydrogen) atoms. The molecule has 0 aliphatic carbocycles. The number of anilines is 2. The number of nitrogens with two attached hydrogens (primary N) is 1. The molecule has 1 saturated heterocycles. The van der Waals surface area contributed by atoms with Gasteiger partial charge in [-0.1, -0.05) is 18.5 Å². The summed E-state index contributed by atoms with van der Waals surface area (Å²) in [6, 6.07) is 5.53. The Hall–Kier alpha value is -1.26. The number of benzene rings is 1. The van der Waals surface area contributed by atoms with Gasteiger partial charge in [0.05, 0.1) is 17.3 Å². The molecule has 1 aromatic rings. The number of nitrogens with one attached hydrogen (secondary N) is 1. The predicted molar refractivity (Wildman–Crippen MR) is 83.9 cm³/mol. The molecule has 110 valence electrons. The third-order valence-electron chi connectivity index (χ3n) is 4.12. The number of rotatable bonds is 3. The fraction of sp³-hybridized carbons (Fsp3) is 0.533. The van der Waals surface area contributed by atoms with E-state index in [-0.39, 0.29) is 5.91 Å². The molecule has 1 heterocycles. The topological polar surface area (TPSA) is 58.4 Å². The maximum Gasteiger partial charge on any atom is 0.238 e. The van der Waals surface area contributed by atoms with Gasteiger partial charge in [0, 0.05) is 11.7 Å². The first kappa shape index (κ1) is 15.1. The van der Waals surface area contributed by atoms with Crippen LogP contribution in [0.1, 0.15) is 26.7 Å². The van der Waals surface area contributed by atoms with Crippen LogP contribution in [0.15, 0.2) is 18.2 Å². The minimum Gasteiger partial charge on any atom is -0.399 e. The molecular formula is C15H22ClN3O. The predicted octanol–water partition coefficient (Wildman–Crippen LogP) is 2.98. The molecule has 1 amide bonds. The van der Waals surface area contributed by atoms with Gasteiger partial charge >= 0.3 is 0 Å². The number of piperidine rings is 1. The summed E-state index contributed by atoms with van der Waals surface area (Å²) in [5.74, 6) is 0.589. The maximum absolute atomic E-state index is 12.1. The van der Waals surface area contributed by atoms with Crippen molar-refractivity contribution < 1.29 is 4.79 Å². The highest BCUT2D eigenvalue weighted by Crippen LogP contribution is 2.25. The van der Waals surface area contributed by atoms with Crippen LogP contribution in [0, 0.1) is 5.92 Å². The summed E-state index contributed by atoms with van der Waals surface area (Å²) in [4.78, 5) is 14.4. The Balaban J connectivity index is 1.97. The number of nitrogens with zero attached hydrogens (tertiary/aromatic N) is 1. The number of amides is 1. The van der Waals surface area contributed by atoms with E-state index < -0.39 is 0 Å². The van der Waals surface area contributed by atoms with Gasteiger partial charge in [-0.3, -0.25) is 9.69 Å². The van der Waals surface area contributed by atoms with Crippen LogP contribution in [-0.2, 0) is 4.79 Å². The number of halogens is 1. The lowest BCUT2D eigenvalue weighted by atomic mass is 9.92. The summed E-state index contributed by atoms with van der Waals surface area (Å²) in [6.07, 6.45) is 2.39. The van der Waals surface area contributed by atoms with Crippen molar-refractivity contribution in [2.75, 3.05) is 24.1 Å². The average molecular weight is 296 g/mol. The highest BCUT2D eigenvalue weighted by atomic mass is 35.5. The van der Waals surface area contributed by atoms with E-state index in [1.165, 1.54) is 6.42 Å². The first-order valence-corrected chi connectivity index (χ1v) is 7.44. The van der Waals surface area contributed by atoms with Gasteiger partial charge < -0.3 is 11.1 Å². The quantitative estimate of drug-likeness (QED) is 0.843. The molecule has 3 N–H and O–H groups in total. The Kier molecular flexibility index (Phi) is 4.89. The van der Waals surface area contributed by atoms with E-state index in [4.69, 9.17) is 17.3 Å². The molecule has 0 bridgehead atoms. The summed E-state index contributed by atoms with van der Waals surface area (Å²) in [6.45, 7) is 5.80. The standard InChI is InChI=1S/C15H22ClN3O/c1-10-4-3-7-19(11(10)2)9-15(20)18-14-8-12(17)5-6-13(14)16/h5-6,8,10-11H,3-4,7,9,17H2,1-2H3,(H,18,20). The monoisotopic (exact) mass is 295 g/mol. The molecule has 2 rings (SSSR count). The van der Waals surface area contributed by atoms with Crippen molar-refractivity contribution in [1.82, 2.24) is 4.90 Å². The molecule has 5 heteroatoms. The van der Waals surface area contributed by atoms with E-state index >= 15 is 0 Å². The Labute approximate surface area is 125 Å². The molecule has 2 atom stereocenters. The van der Waals surface area contributed by atoms with Gasteiger partial charge in [-0.05, 0) is 50.4 Å². The SMILES string of the molecule is CC1CCCN(CC(=O)Nc2cc(N)ccc2Cl)C1C. The lowest BCUT2D eigenvalue weighted by molar-refractivity contribution is -0.118. The van der Waals surface area contributed by atoms with Crippen molar-refractivity contribution in [3.05, 3.63) is 23.2 Å². The third-order valence-corrected chi connectivity index (χ3v) is 4.45. The highest BCUT2D eigenvalue weighted by molar-refractivity contribution is 6.33. The van der Waals surface area contributed by atoms with Crippen LogP contribution in [0.3, 0.4) is 0 Å². The fourth-order valence-corrected chi connectivity index (χ4v) is 2.82. The van der Waals surface area contributed by atoms with Crippen molar-refractivity contribution >= 4 is 28.9 Å². The van der Waals surface area contributed by atoms with Crippen LogP contribution in [0.2, 0.25) is 5.02 Å². The average Bonchev–Trinajstić information content (AvgIpc) is 2.39. The molecule has 1 aliphatic rings. The number of hydrogen-bond donors (Lipinski definition) is 2. The van der Waals surface area contributed by atoms with Crippen LogP contribution in [0.5, 0.6) is 0 Å². The van der Waals surface area contributed by atoms with Crippen molar-refractivity contribution in [2.24, 2.45) is 5.92 Å². The number of carbonyl (C=O) groups excluding carboxylic acids is 1. The first-order valence-electron chi connectivity index (χ1n) is 7.06. The molecule has 2 unspecified atom stereocenters. The van der Waals surface area contributed by atoms with Crippen LogP contribution in [0.4, 0.5) is 11.4 Å². The Morgan fingerprint density at radius 1 is 1.50 bits per heavy atom. The van der Waals surface area contributed by atoms with Crippen LogP contribution in [-0.4, -0.2) is 29.9 Å². The fourth-order valence-electron chi connectivity index (χ4n) is 2.66. The van der Waals surface area contributed by atoms with Crippen molar-refractivity contribution in [2.45, 2.75) is 32.7 Å². The molecule has 1 aromatic carbocycles. The summed E-state index contributed by atoms with van der Waals surface area (Å²) in [5, 5.41) is 3.35. The Morgan fingerprint density at radius 3 is 3.00 bits per heavy atom. The van der Waals surface area contributed by atoms with Gasteiger partial charge in [0.15, 0.2) is 0 Å². The number of carbonyl (C=O) groups is 1. The first-order chi connectivity index (χ1) is 9.47. The molecule has 4 nitrogen and oxygen atoms in total. The smallest absolute Gasteiger partial charge is 0.238 e. The van der Waals surface area contributed by atoms with E-state index in [1.807, 2.05) is 0 Å². The van der Waals surface area contributed by atoms with Crippen molar-refractivity contribution in [1.29, 1.82) is 0 Å². The van der Waals surface area contributed by atoms with Gasteiger partial charge in [0.25, 0.3) is 0 Å². The minimum atomic E-state index is -0.0431. The highest BCUT2D eigenvalue weighted by Gasteiger charge is 2.26. The van der Waals surface area contributed by atoms with E-state index in [0.29, 0.717) is 34.9 Å². The molecular weight excluding hydrogens is 274 g/mol. The zero-order valence-corrected chi connectivity index (χ0v) is 12.8. The normalized spacial score (nSPS) is 23.6. The molecule has 0 saturated carbocycles. The Morgan fingerprint density at radius 2 is 2.25 bits per heavy atom. The lowest BCUT2D eigenvalue weighted by Gasteiger charge is -2.37. The number of hydrogen-bond acceptors (Lipinski definition) is 3. The van der Waals surface area contributed by atoms with E-state index in [0.717, 1.165) is 13.0 Å². The summed E-state index contributed by atoms with van der Waals surface area (Å²) in [7, 11) is 0. The second-order valence-electron chi connectivity index (χ2n) is 5.62. The maximum atomic E-state index is 12.1. The summed E-state index contributed by atoms with van der Waals surface area (Å²) < 4.78 is 0. The van der Waals surface area contributed by atoms with E-state index in [2.05, 4.69) is 24.1 Å². The zero-order valence-electron chi connectivity index (χ0n) is 12.0. The Bertz CT molecular complexity index is 492. The number of likely N-dealkylation sites (tertiary alicyclic amines) is 1. The third kappa shape index (κ3) is 3.64. The van der Waals surface area contributed by atoms with Crippen LogP contribution >= 0.6 is 11.6 Å². The zero-order chi connectivity index (χ0) is 14.7. The second-order valence-corrected chi connectivity index (χ2v) is 6.03. The molecule has 1 aliphatic heterocycles.